The first-order chi connectivity index (χ1) is 8.66. The summed E-state index contributed by atoms with van der Waals surface area (Å²) in [5, 5.41) is 27.9. The van der Waals surface area contributed by atoms with Crippen LogP contribution in [0, 0.1) is 0 Å². The standard InChI is InChI=1S/C15H14O3/c16-13-9-12(10-14(17)15(13)18)8-4-7-11-5-2-1-3-6-11/h1-7,9-10,16-18H,8H2/b7-4+. The molecule has 0 amide bonds. The van der Waals surface area contributed by atoms with Crippen LogP contribution in [0.25, 0.3) is 6.08 Å². The third kappa shape index (κ3) is 2.83. The lowest BCUT2D eigenvalue weighted by Crippen LogP contribution is -1.82. The fourth-order valence-electron chi connectivity index (χ4n) is 1.67. The van der Waals surface area contributed by atoms with Gasteiger partial charge in [-0.3, -0.25) is 0 Å². The molecular formula is C15H14O3. The van der Waals surface area contributed by atoms with Gasteiger partial charge in [0.1, 0.15) is 0 Å². The largest absolute Gasteiger partial charge is 0.504 e. The molecule has 2 aromatic carbocycles. The summed E-state index contributed by atoms with van der Waals surface area (Å²) < 4.78 is 0. The minimum absolute atomic E-state index is 0.307. The van der Waals surface area contributed by atoms with E-state index in [-0.39, 0.29) is 11.5 Å². The summed E-state index contributed by atoms with van der Waals surface area (Å²) in [5.41, 5.74) is 1.82. The van der Waals surface area contributed by atoms with E-state index in [9.17, 15) is 15.3 Å². The number of phenols is 3. The molecule has 0 aliphatic heterocycles. The lowest BCUT2D eigenvalue weighted by molar-refractivity contribution is 0.367. The quantitative estimate of drug-likeness (QED) is 0.725. The molecule has 0 heterocycles. The normalized spacial score (nSPS) is 10.9. The Morgan fingerprint density at radius 2 is 1.50 bits per heavy atom. The molecule has 0 fully saturated rings. The lowest BCUT2D eigenvalue weighted by Gasteiger charge is -2.03. The molecule has 0 aliphatic carbocycles. The first kappa shape index (κ1) is 12.0. The number of hydrogen-bond donors (Lipinski definition) is 3. The molecule has 2 aromatic rings. The third-order valence-corrected chi connectivity index (χ3v) is 2.59. The van der Waals surface area contributed by atoms with Crippen LogP contribution in [0.1, 0.15) is 11.1 Å². The van der Waals surface area contributed by atoms with Crippen LogP contribution in [0.5, 0.6) is 17.2 Å². The molecule has 0 aromatic heterocycles. The minimum atomic E-state index is -0.481. The van der Waals surface area contributed by atoms with Gasteiger partial charge in [-0.2, -0.15) is 0 Å². The van der Waals surface area contributed by atoms with Gasteiger partial charge in [-0.05, 0) is 29.7 Å². The van der Waals surface area contributed by atoms with E-state index in [1.807, 2.05) is 42.5 Å². The van der Waals surface area contributed by atoms with Gasteiger partial charge in [0.25, 0.3) is 0 Å². The number of benzene rings is 2. The summed E-state index contributed by atoms with van der Waals surface area (Å²) in [5.74, 6) is -1.10. The summed E-state index contributed by atoms with van der Waals surface area (Å²) in [6.07, 6.45) is 4.46. The molecular weight excluding hydrogens is 228 g/mol. The van der Waals surface area contributed by atoms with Gasteiger partial charge < -0.3 is 15.3 Å². The fraction of sp³-hybridized carbons (Fsp3) is 0.0667. The van der Waals surface area contributed by atoms with Gasteiger partial charge in [0.05, 0.1) is 0 Å². The molecule has 0 unspecified atom stereocenters. The van der Waals surface area contributed by atoms with Crippen LogP contribution < -0.4 is 0 Å². The van der Waals surface area contributed by atoms with Gasteiger partial charge in [-0.25, -0.2) is 0 Å². The Balaban J connectivity index is 2.09. The number of hydrogen-bond acceptors (Lipinski definition) is 3. The minimum Gasteiger partial charge on any atom is -0.504 e. The molecule has 0 saturated carbocycles. The Labute approximate surface area is 105 Å². The highest BCUT2D eigenvalue weighted by Crippen LogP contribution is 2.35. The topological polar surface area (TPSA) is 60.7 Å². The van der Waals surface area contributed by atoms with E-state index in [2.05, 4.69) is 0 Å². The van der Waals surface area contributed by atoms with Crippen molar-refractivity contribution in [2.75, 3.05) is 0 Å². The molecule has 0 atom stereocenters. The smallest absolute Gasteiger partial charge is 0.200 e. The second-order valence-electron chi connectivity index (χ2n) is 4.00. The number of phenolic OH excluding ortho intramolecular Hbond substituents is 3. The van der Waals surface area contributed by atoms with Gasteiger partial charge in [0, 0.05) is 0 Å². The SMILES string of the molecule is Oc1cc(C/C=C/c2ccccc2)cc(O)c1O. The average Bonchev–Trinajstić information content (AvgIpc) is 2.37. The monoisotopic (exact) mass is 242 g/mol. The fourth-order valence-corrected chi connectivity index (χ4v) is 1.67. The van der Waals surface area contributed by atoms with E-state index in [4.69, 9.17) is 0 Å². The van der Waals surface area contributed by atoms with E-state index in [1.165, 1.54) is 12.1 Å². The van der Waals surface area contributed by atoms with E-state index >= 15 is 0 Å². The van der Waals surface area contributed by atoms with Crippen molar-refractivity contribution in [3.05, 3.63) is 59.7 Å². The zero-order valence-corrected chi connectivity index (χ0v) is 9.74. The maximum atomic E-state index is 9.36. The molecule has 0 saturated heterocycles. The second-order valence-corrected chi connectivity index (χ2v) is 4.00. The summed E-state index contributed by atoms with van der Waals surface area (Å²) in [7, 11) is 0. The van der Waals surface area contributed by atoms with Gasteiger partial charge in [0.15, 0.2) is 17.2 Å². The highest BCUT2D eigenvalue weighted by Gasteiger charge is 2.06. The average molecular weight is 242 g/mol. The van der Waals surface area contributed by atoms with Crippen LogP contribution in [0.15, 0.2) is 48.5 Å². The predicted octanol–water partition coefficient (Wildman–Crippen LogP) is 3.06. The lowest BCUT2D eigenvalue weighted by atomic mass is 10.1. The Morgan fingerprint density at radius 3 is 2.11 bits per heavy atom. The molecule has 0 spiro atoms. The molecule has 3 heteroatoms. The summed E-state index contributed by atoms with van der Waals surface area (Å²) >= 11 is 0. The molecule has 0 radical (unpaired) electrons. The van der Waals surface area contributed by atoms with Crippen LogP contribution in [0.3, 0.4) is 0 Å². The first-order valence-corrected chi connectivity index (χ1v) is 5.62. The maximum Gasteiger partial charge on any atom is 0.200 e. The molecule has 2 rings (SSSR count). The van der Waals surface area contributed by atoms with E-state index in [0.717, 1.165) is 11.1 Å². The first-order valence-electron chi connectivity index (χ1n) is 5.62. The molecule has 3 N–H and O–H groups in total. The van der Waals surface area contributed by atoms with Crippen molar-refractivity contribution < 1.29 is 15.3 Å². The van der Waals surface area contributed by atoms with Crippen LogP contribution in [-0.2, 0) is 6.42 Å². The van der Waals surface area contributed by atoms with Crippen LogP contribution in [0.2, 0.25) is 0 Å². The summed E-state index contributed by atoms with van der Waals surface area (Å²) in [6, 6.07) is 12.7. The van der Waals surface area contributed by atoms with Crippen molar-refractivity contribution in [3.8, 4) is 17.2 Å². The number of allylic oxidation sites excluding steroid dienone is 1. The molecule has 0 aliphatic rings. The van der Waals surface area contributed by atoms with Crippen molar-refractivity contribution in [1.29, 1.82) is 0 Å². The summed E-state index contributed by atoms with van der Waals surface area (Å²) in [4.78, 5) is 0. The van der Waals surface area contributed by atoms with Crippen molar-refractivity contribution >= 4 is 6.08 Å². The van der Waals surface area contributed by atoms with Crippen molar-refractivity contribution in [2.24, 2.45) is 0 Å². The highest BCUT2D eigenvalue weighted by atomic mass is 16.3. The van der Waals surface area contributed by atoms with Crippen LogP contribution in [-0.4, -0.2) is 15.3 Å². The third-order valence-electron chi connectivity index (χ3n) is 2.59. The van der Waals surface area contributed by atoms with Crippen molar-refractivity contribution in [3.63, 3.8) is 0 Å². The Hall–Kier alpha value is -2.42. The van der Waals surface area contributed by atoms with Gasteiger partial charge in [-0.15, -0.1) is 0 Å². The predicted molar refractivity (Wildman–Crippen MR) is 70.6 cm³/mol. The molecule has 92 valence electrons. The Kier molecular flexibility index (Phi) is 3.53. The van der Waals surface area contributed by atoms with Crippen LogP contribution in [0.4, 0.5) is 0 Å². The molecule has 0 bridgehead atoms. The maximum absolute atomic E-state index is 9.36. The Morgan fingerprint density at radius 1 is 0.889 bits per heavy atom. The zero-order chi connectivity index (χ0) is 13.0. The second kappa shape index (κ2) is 5.27. The van der Waals surface area contributed by atoms with Gasteiger partial charge in [-0.1, -0.05) is 42.5 Å². The molecule has 3 nitrogen and oxygen atoms in total. The summed E-state index contributed by atoms with van der Waals surface area (Å²) in [6.45, 7) is 0. The molecule has 18 heavy (non-hydrogen) atoms. The van der Waals surface area contributed by atoms with E-state index in [1.54, 1.807) is 0 Å². The van der Waals surface area contributed by atoms with Crippen molar-refractivity contribution in [2.45, 2.75) is 6.42 Å². The van der Waals surface area contributed by atoms with Gasteiger partial charge >= 0.3 is 0 Å². The number of rotatable bonds is 3. The zero-order valence-electron chi connectivity index (χ0n) is 9.74. The van der Waals surface area contributed by atoms with E-state index < -0.39 is 5.75 Å². The Bertz CT molecular complexity index is 536. The van der Waals surface area contributed by atoms with Crippen molar-refractivity contribution in [1.82, 2.24) is 0 Å². The van der Waals surface area contributed by atoms with E-state index in [0.29, 0.717) is 6.42 Å². The van der Waals surface area contributed by atoms with Crippen LogP contribution >= 0.6 is 0 Å². The number of aromatic hydroxyl groups is 3. The van der Waals surface area contributed by atoms with Gasteiger partial charge in [0.2, 0.25) is 0 Å². The highest BCUT2D eigenvalue weighted by molar-refractivity contribution is 5.53.